The van der Waals surface area contributed by atoms with Gasteiger partial charge in [-0.05, 0) is 18.2 Å². The van der Waals surface area contributed by atoms with E-state index in [4.69, 9.17) is 0 Å². The van der Waals surface area contributed by atoms with Crippen LogP contribution < -0.4 is 0 Å². The largest absolute Gasteiger partial charge is 0.280 e. The molecule has 0 amide bonds. The lowest BCUT2D eigenvalue weighted by Gasteiger charge is -2.05. The fourth-order valence-electron chi connectivity index (χ4n) is 1.41. The predicted octanol–water partition coefficient (Wildman–Crippen LogP) is 2.72. The van der Waals surface area contributed by atoms with Crippen molar-refractivity contribution in [1.82, 2.24) is 9.78 Å². The Labute approximate surface area is 94.4 Å². The van der Waals surface area contributed by atoms with Crippen LogP contribution in [0, 0.1) is 10.1 Å². The monoisotopic (exact) mass is 239 g/mol. The number of rotatable bonds is 3. The third kappa shape index (κ3) is 2.12. The highest BCUT2D eigenvalue weighted by molar-refractivity contribution is 5.41. The number of non-ortho nitro benzene ring substituents is 1. The molecule has 0 aliphatic heterocycles. The van der Waals surface area contributed by atoms with Gasteiger partial charge in [0.1, 0.15) is 5.69 Å². The van der Waals surface area contributed by atoms with Crippen LogP contribution in [-0.2, 0) is 0 Å². The molecule has 0 spiro atoms. The Balaban J connectivity index is 2.40. The van der Waals surface area contributed by atoms with Crippen LogP contribution in [0.5, 0.6) is 0 Å². The van der Waals surface area contributed by atoms with Gasteiger partial charge in [-0.15, -0.1) is 0 Å². The van der Waals surface area contributed by atoms with Gasteiger partial charge in [0.15, 0.2) is 0 Å². The number of halogens is 2. The normalized spacial score (nSPS) is 10.8. The maximum Gasteiger partial charge on any atom is 0.280 e. The molecule has 0 saturated heterocycles. The van der Waals surface area contributed by atoms with E-state index in [0.29, 0.717) is 5.69 Å². The van der Waals surface area contributed by atoms with E-state index >= 15 is 0 Å². The van der Waals surface area contributed by atoms with E-state index in [1.165, 1.54) is 36.5 Å². The lowest BCUT2D eigenvalue weighted by molar-refractivity contribution is -0.384. The maximum atomic E-state index is 12.6. The van der Waals surface area contributed by atoms with Gasteiger partial charge in [-0.3, -0.25) is 10.1 Å². The summed E-state index contributed by atoms with van der Waals surface area (Å²) < 4.78 is 26.2. The molecule has 0 aliphatic rings. The molecule has 7 heteroatoms. The number of nitro groups is 1. The molecule has 0 radical (unpaired) electrons. The zero-order valence-corrected chi connectivity index (χ0v) is 8.46. The number of nitro benzene ring substituents is 1. The standard InChI is InChI=1S/C10H7F2N3O2/c11-10(12)9-5-6-13-14(9)7-1-3-8(4-2-7)15(16)17/h1-6,10H. The summed E-state index contributed by atoms with van der Waals surface area (Å²) in [6.07, 6.45) is -1.39. The fourth-order valence-corrected chi connectivity index (χ4v) is 1.41. The summed E-state index contributed by atoms with van der Waals surface area (Å²) in [7, 11) is 0. The van der Waals surface area contributed by atoms with Gasteiger partial charge in [-0.25, -0.2) is 13.5 Å². The lowest BCUT2D eigenvalue weighted by atomic mass is 10.3. The number of alkyl halides is 2. The van der Waals surface area contributed by atoms with E-state index < -0.39 is 11.3 Å². The first-order chi connectivity index (χ1) is 8.09. The Hall–Kier alpha value is -2.31. The van der Waals surface area contributed by atoms with Crippen molar-refractivity contribution in [2.75, 3.05) is 0 Å². The molecule has 1 heterocycles. The molecule has 17 heavy (non-hydrogen) atoms. The second kappa shape index (κ2) is 4.28. The lowest BCUT2D eigenvalue weighted by Crippen LogP contribution is -2.02. The highest BCUT2D eigenvalue weighted by Gasteiger charge is 2.15. The molecule has 0 saturated carbocycles. The number of nitrogens with zero attached hydrogens (tertiary/aromatic N) is 3. The van der Waals surface area contributed by atoms with E-state index in [-0.39, 0.29) is 11.4 Å². The number of hydrogen-bond donors (Lipinski definition) is 0. The van der Waals surface area contributed by atoms with Crippen molar-refractivity contribution < 1.29 is 13.7 Å². The van der Waals surface area contributed by atoms with Crippen molar-refractivity contribution >= 4 is 5.69 Å². The molecule has 0 N–H and O–H groups in total. The van der Waals surface area contributed by atoms with E-state index in [0.717, 1.165) is 4.68 Å². The summed E-state index contributed by atoms with van der Waals surface area (Å²) >= 11 is 0. The van der Waals surface area contributed by atoms with Gasteiger partial charge in [0.2, 0.25) is 0 Å². The van der Waals surface area contributed by atoms with Crippen molar-refractivity contribution in [2.24, 2.45) is 0 Å². The van der Waals surface area contributed by atoms with Crippen LogP contribution in [-0.4, -0.2) is 14.7 Å². The van der Waals surface area contributed by atoms with Crippen molar-refractivity contribution in [1.29, 1.82) is 0 Å². The van der Waals surface area contributed by atoms with E-state index in [1.54, 1.807) is 0 Å². The Bertz CT molecular complexity index is 537. The third-order valence-corrected chi connectivity index (χ3v) is 2.20. The average Bonchev–Trinajstić information content (AvgIpc) is 2.78. The quantitative estimate of drug-likeness (QED) is 0.611. The number of aromatic nitrogens is 2. The zero-order chi connectivity index (χ0) is 12.4. The summed E-state index contributed by atoms with van der Waals surface area (Å²) in [6, 6.07) is 6.43. The smallest absolute Gasteiger partial charge is 0.258 e. The molecule has 0 atom stereocenters. The van der Waals surface area contributed by atoms with Gasteiger partial charge < -0.3 is 0 Å². The van der Waals surface area contributed by atoms with Crippen LogP contribution in [0.25, 0.3) is 5.69 Å². The van der Waals surface area contributed by atoms with Crippen molar-refractivity contribution in [3.63, 3.8) is 0 Å². The molecule has 0 bridgehead atoms. The first-order valence-electron chi connectivity index (χ1n) is 4.66. The average molecular weight is 239 g/mol. The van der Waals surface area contributed by atoms with Crippen molar-refractivity contribution in [3.8, 4) is 5.69 Å². The molecule has 0 unspecified atom stereocenters. The topological polar surface area (TPSA) is 61.0 Å². The SMILES string of the molecule is O=[N+]([O-])c1ccc(-n2nccc2C(F)F)cc1. The van der Waals surface area contributed by atoms with Gasteiger partial charge >= 0.3 is 0 Å². The highest BCUT2D eigenvalue weighted by atomic mass is 19.3. The first kappa shape index (κ1) is 11.2. The van der Waals surface area contributed by atoms with Gasteiger partial charge in [-0.2, -0.15) is 5.10 Å². The summed E-state index contributed by atoms with van der Waals surface area (Å²) in [6.45, 7) is 0. The van der Waals surface area contributed by atoms with Crippen LogP contribution in [0.1, 0.15) is 12.1 Å². The van der Waals surface area contributed by atoms with Crippen LogP contribution in [0.15, 0.2) is 36.5 Å². The minimum absolute atomic E-state index is 0.0977. The maximum absolute atomic E-state index is 12.6. The molecular formula is C10H7F2N3O2. The predicted molar refractivity (Wildman–Crippen MR) is 55.2 cm³/mol. The molecule has 5 nitrogen and oxygen atoms in total. The van der Waals surface area contributed by atoms with Crippen LogP contribution >= 0.6 is 0 Å². The molecule has 0 aliphatic carbocycles. The van der Waals surface area contributed by atoms with Crippen molar-refractivity contribution in [3.05, 3.63) is 52.3 Å². The summed E-state index contributed by atoms with van der Waals surface area (Å²) in [4.78, 5) is 9.88. The van der Waals surface area contributed by atoms with Crippen LogP contribution in [0.2, 0.25) is 0 Å². The van der Waals surface area contributed by atoms with Gasteiger partial charge in [0.05, 0.1) is 10.6 Å². The summed E-state index contributed by atoms with van der Waals surface area (Å²) in [5, 5.41) is 14.2. The Morgan fingerprint density at radius 3 is 2.41 bits per heavy atom. The summed E-state index contributed by atoms with van der Waals surface area (Å²) in [5.41, 5.74) is 0.00857. The Morgan fingerprint density at radius 1 is 1.24 bits per heavy atom. The van der Waals surface area contributed by atoms with Crippen LogP contribution in [0.4, 0.5) is 14.5 Å². The van der Waals surface area contributed by atoms with Crippen molar-refractivity contribution in [2.45, 2.75) is 6.43 Å². The molecule has 1 aromatic heterocycles. The Kier molecular flexibility index (Phi) is 2.82. The minimum Gasteiger partial charge on any atom is -0.258 e. The third-order valence-electron chi connectivity index (χ3n) is 2.20. The molecule has 0 fully saturated rings. The van der Waals surface area contributed by atoms with Gasteiger partial charge in [-0.1, -0.05) is 0 Å². The Morgan fingerprint density at radius 2 is 1.88 bits per heavy atom. The molecule has 2 rings (SSSR count). The fraction of sp³-hybridized carbons (Fsp3) is 0.100. The molecule has 1 aromatic carbocycles. The molecule has 88 valence electrons. The van der Waals surface area contributed by atoms with E-state index in [9.17, 15) is 18.9 Å². The highest BCUT2D eigenvalue weighted by Crippen LogP contribution is 2.22. The van der Waals surface area contributed by atoms with Gasteiger partial charge in [0, 0.05) is 18.3 Å². The first-order valence-corrected chi connectivity index (χ1v) is 4.66. The summed E-state index contributed by atoms with van der Waals surface area (Å²) in [5.74, 6) is 0. The second-order valence-electron chi connectivity index (χ2n) is 3.24. The number of hydrogen-bond acceptors (Lipinski definition) is 3. The second-order valence-corrected chi connectivity index (χ2v) is 3.24. The minimum atomic E-state index is -2.65. The van der Waals surface area contributed by atoms with E-state index in [2.05, 4.69) is 5.10 Å². The van der Waals surface area contributed by atoms with E-state index in [1.807, 2.05) is 0 Å². The zero-order valence-electron chi connectivity index (χ0n) is 8.46. The van der Waals surface area contributed by atoms with Gasteiger partial charge in [0.25, 0.3) is 12.1 Å². The molecular weight excluding hydrogens is 232 g/mol. The molecule has 2 aromatic rings. The van der Waals surface area contributed by atoms with Crippen LogP contribution in [0.3, 0.4) is 0 Å². The number of benzene rings is 1.